The Morgan fingerprint density at radius 3 is 2.42 bits per heavy atom. The summed E-state index contributed by atoms with van der Waals surface area (Å²) >= 11 is 0. The van der Waals surface area contributed by atoms with E-state index < -0.39 is 0 Å². The van der Waals surface area contributed by atoms with E-state index in [4.69, 9.17) is 4.74 Å². The summed E-state index contributed by atoms with van der Waals surface area (Å²) in [6.45, 7) is 3.72. The van der Waals surface area contributed by atoms with Crippen molar-refractivity contribution >= 4 is 11.7 Å². The molecule has 4 nitrogen and oxygen atoms in total. The summed E-state index contributed by atoms with van der Waals surface area (Å²) in [5, 5.41) is 3.04. The maximum Gasteiger partial charge on any atom is 0.321 e. The first-order valence-corrected chi connectivity index (χ1v) is 9.39. The molecule has 0 spiro atoms. The van der Waals surface area contributed by atoms with E-state index in [1.165, 1.54) is 18.4 Å². The van der Waals surface area contributed by atoms with E-state index in [1.54, 1.807) is 7.11 Å². The lowest BCUT2D eigenvalue weighted by Gasteiger charge is -2.21. The molecular weight excluding hydrogens is 324 g/mol. The molecule has 2 aliphatic rings. The third kappa shape index (κ3) is 3.28. The van der Waals surface area contributed by atoms with E-state index in [0.29, 0.717) is 23.5 Å². The maximum absolute atomic E-state index is 12.7. The molecule has 4 heteroatoms. The molecule has 1 saturated heterocycles. The average Bonchev–Trinajstić information content (AvgIpc) is 3.22. The van der Waals surface area contributed by atoms with Gasteiger partial charge in [-0.3, -0.25) is 0 Å². The van der Waals surface area contributed by atoms with Crippen LogP contribution in [0.15, 0.2) is 48.5 Å². The molecule has 26 heavy (non-hydrogen) atoms. The maximum atomic E-state index is 12.7. The Hall–Kier alpha value is -2.49. The van der Waals surface area contributed by atoms with E-state index in [0.717, 1.165) is 24.3 Å². The summed E-state index contributed by atoms with van der Waals surface area (Å²) in [6.07, 6.45) is 2.37. The fourth-order valence-corrected chi connectivity index (χ4v) is 4.58. The standard InChI is InChI=1S/C22H26N2O2/c1-15-8-9-21(26-2)20(10-15)23-22(25)24-13-18-11-17(12-19(18)14-24)16-6-4-3-5-7-16/h3-10,17-19H,11-14H2,1-2H3,(H,23,25)/t17?,18-,19+. The molecule has 2 aromatic carbocycles. The van der Waals surface area contributed by atoms with Crippen molar-refractivity contribution < 1.29 is 9.53 Å². The van der Waals surface area contributed by atoms with E-state index in [1.807, 2.05) is 30.0 Å². The van der Waals surface area contributed by atoms with Gasteiger partial charge in [0.25, 0.3) is 0 Å². The second-order valence-electron chi connectivity index (χ2n) is 7.64. The number of benzene rings is 2. The van der Waals surface area contributed by atoms with Gasteiger partial charge in [-0.2, -0.15) is 0 Å². The van der Waals surface area contributed by atoms with Gasteiger partial charge >= 0.3 is 6.03 Å². The molecule has 136 valence electrons. The Labute approximate surface area is 155 Å². The number of urea groups is 1. The summed E-state index contributed by atoms with van der Waals surface area (Å²) in [7, 11) is 1.63. The summed E-state index contributed by atoms with van der Waals surface area (Å²) in [4.78, 5) is 14.7. The highest BCUT2D eigenvalue weighted by Gasteiger charge is 2.42. The molecule has 1 heterocycles. The van der Waals surface area contributed by atoms with Crippen LogP contribution in [0, 0.1) is 18.8 Å². The zero-order chi connectivity index (χ0) is 18.1. The number of hydrogen-bond acceptors (Lipinski definition) is 2. The van der Waals surface area contributed by atoms with Crippen molar-refractivity contribution in [2.75, 3.05) is 25.5 Å². The smallest absolute Gasteiger partial charge is 0.321 e. The highest BCUT2D eigenvalue weighted by molar-refractivity contribution is 5.91. The predicted molar refractivity (Wildman–Crippen MR) is 104 cm³/mol. The number of amides is 2. The van der Waals surface area contributed by atoms with Crippen LogP contribution in [0.3, 0.4) is 0 Å². The number of ether oxygens (including phenoxy) is 1. The van der Waals surface area contributed by atoms with Crippen LogP contribution in [-0.4, -0.2) is 31.1 Å². The molecule has 2 fully saturated rings. The zero-order valence-electron chi connectivity index (χ0n) is 15.4. The van der Waals surface area contributed by atoms with E-state index in [2.05, 4.69) is 35.6 Å². The molecule has 1 unspecified atom stereocenters. The fraction of sp³-hybridized carbons (Fsp3) is 0.409. The lowest BCUT2D eigenvalue weighted by atomic mass is 9.96. The van der Waals surface area contributed by atoms with E-state index >= 15 is 0 Å². The summed E-state index contributed by atoms with van der Waals surface area (Å²) in [6, 6.07) is 16.6. The number of hydrogen-bond donors (Lipinski definition) is 1. The van der Waals surface area contributed by atoms with Crippen LogP contribution in [0.5, 0.6) is 5.75 Å². The lowest BCUT2D eigenvalue weighted by Crippen LogP contribution is -2.34. The number of carbonyl (C=O) groups is 1. The largest absolute Gasteiger partial charge is 0.495 e. The van der Waals surface area contributed by atoms with Crippen molar-refractivity contribution in [3.8, 4) is 5.75 Å². The van der Waals surface area contributed by atoms with Crippen LogP contribution in [0.4, 0.5) is 10.5 Å². The van der Waals surface area contributed by atoms with Crippen LogP contribution < -0.4 is 10.1 Å². The quantitative estimate of drug-likeness (QED) is 0.874. The Morgan fingerprint density at radius 1 is 1.08 bits per heavy atom. The molecule has 0 aromatic heterocycles. The molecule has 1 aliphatic heterocycles. The minimum absolute atomic E-state index is 0.0143. The van der Waals surface area contributed by atoms with Gasteiger partial charge in [0.05, 0.1) is 12.8 Å². The molecule has 0 bridgehead atoms. The summed E-state index contributed by atoms with van der Waals surface area (Å²) < 4.78 is 5.37. The number of carbonyl (C=O) groups excluding carboxylic acids is 1. The second-order valence-corrected chi connectivity index (χ2v) is 7.64. The van der Waals surface area contributed by atoms with Crippen molar-refractivity contribution in [3.05, 3.63) is 59.7 Å². The van der Waals surface area contributed by atoms with Gasteiger partial charge in [-0.1, -0.05) is 36.4 Å². The zero-order valence-corrected chi connectivity index (χ0v) is 15.4. The predicted octanol–water partition coefficient (Wildman–Crippen LogP) is 4.66. The van der Waals surface area contributed by atoms with Crippen molar-refractivity contribution in [2.24, 2.45) is 11.8 Å². The van der Waals surface area contributed by atoms with Crippen molar-refractivity contribution in [1.29, 1.82) is 0 Å². The van der Waals surface area contributed by atoms with Crippen molar-refractivity contribution in [2.45, 2.75) is 25.7 Å². The van der Waals surface area contributed by atoms with Crippen molar-refractivity contribution in [3.63, 3.8) is 0 Å². The molecule has 2 aromatic rings. The third-order valence-corrected chi connectivity index (χ3v) is 5.91. The van der Waals surface area contributed by atoms with Crippen LogP contribution in [0.25, 0.3) is 0 Å². The summed E-state index contributed by atoms with van der Waals surface area (Å²) in [5.74, 6) is 2.58. The Balaban J connectivity index is 1.39. The Kier molecular flexibility index (Phi) is 4.58. The average molecular weight is 350 g/mol. The summed E-state index contributed by atoms with van der Waals surface area (Å²) in [5.41, 5.74) is 3.30. The number of nitrogens with one attached hydrogen (secondary N) is 1. The van der Waals surface area contributed by atoms with Crippen LogP contribution in [-0.2, 0) is 0 Å². The molecular formula is C22H26N2O2. The van der Waals surface area contributed by atoms with E-state index in [9.17, 15) is 4.79 Å². The third-order valence-electron chi connectivity index (χ3n) is 5.91. The molecule has 1 N–H and O–H groups in total. The minimum Gasteiger partial charge on any atom is -0.495 e. The first-order valence-electron chi connectivity index (χ1n) is 9.39. The molecule has 1 saturated carbocycles. The molecule has 0 radical (unpaired) electrons. The van der Waals surface area contributed by atoms with Crippen LogP contribution in [0.1, 0.15) is 29.9 Å². The van der Waals surface area contributed by atoms with Gasteiger partial charge in [-0.05, 0) is 60.8 Å². The van der Waals surface area contributed by atoms with Gasteiger partial charge in [0.15, 0.2) is 0 Å². The fourth-order valence-electron chi connectivity index (χ4n) is 4.58. The molecule has 2 amide bonds. The number of methoxy groups -OCH3 is 1. The topological polar surface area (TPSA) is 41.6 Å². The molecule has 4 rings (SSSR count). The second kappa shape index (κ2) is 7.02. The van der Waals surface area contributed by atoms with E-state index in [-0.39, 0.29) is 6.03 Å². The van der Waals surface area contributed by atoms with Gasteiger partial charge in [-0.15, -0.1) is 0 Å². The lowest BCUT2D eigenvalue weighted by molar-refractivity contribution is 0.218. The number of nitrogens with zero attached hydrogens (tertiary/aromatic N) is 1. The normalized spacial score (nSPS) is 24.4. The first kappa shape index (κ1) is 17.0. The Bertz CT molecular complexity index is 776. The van der Waals surface area contributed by atoms with Crippen molar-refractivity contribution in [1.82, 2.24) is 4.90 Å². The van der Waals surface area contributed by atoms with Crippen LogP contribution in [0.2, 0.25) is 0 Å². The SMILES string of the molecule is COc1ccc(C)cc1NC(=O)N1C[C@H]2CC(c3ccccc3)C[C@H]2C1. The highest BCUT2D eigenvalue weighted by atomic mass is 16.5. The van der Waals surface area contributed by atoms with Gasteiger partial charge in [0.1, 0.15) is 5.75 Å². The van der Waals surface area contributed by atoms with Crippen LogP contribution >= 0.6 is 0 Å². The molecule has 1 aliphatic carbocycles. The number of fused-ring (bicyclic) bond motifs is 1. The monoisotopic (exact) mass is 350 g/mol. The van der Waals surface area contributed by atoms with Gasteiger partial charge < -0.3 is 15.0 Å². The highest BCUT2D eigenvalue weighted by Crippen LogP contribution is 2.46. The van der Waals surface area contributed by atoms with Gasteiger partial charge in [-0.25, -0.2) is 4.79 Å². The first-order chi connectivity index (χ1) is 12.6. The Morgan fingerprint density at radius 2 is 1.77 bits per heavy atom. The minimum atomic E-state index is -0.0143. The number of rotatable bonds is 3. The molecule has 3 atom stereocenters. The van der Waals surface area contributed by atoms with Gasteiger partial charge in [0.2, 0.25) is 0 Å². The number of anilines is 1. The number of likely N-dealkylation sites (tertiary alicyclic amines) is 1. The number of aryl methyl sites for hydroxylation is 1. The van der Waals surface area contributed by atoms with Gasteiger partial charge in [0, 0.05) is 13.1 Å².